The molecule has 0 radical (unpaired) electrons. The second-order valence-electron chi connectivity index (χ2n) is 6.72. The number of imidazole rings is 1. The number of carbonyl (C=O) groups excluding carboxylic acids is 1. The van der Waals surface area contributed by atoms with Crippen molar-refractivity contribution in [2.45, 2.75) is 13.8 Å². The predicted octanol–water partition coefficient (Wildman–Crippen LogP) is 1.86. The fraction of sp³-hybridized carbons (Fsp3) is 0.263. The molecule has 0 aliphatic carbocycles. The first-order chi connectivity index (χ1) is 13.5. The average molecular weight is 378 g/mol. The van der Waals surface area contributed by atoms with Gasteiger partial charge < -0.3 is 20.8 Å². The van der Waals surface area contributed by atoms with E-state index in [4.69, 9.17) is 5.73 Å². The summed E-state index contributed by atoms with van der Waals surface area (Å²) < 4.78 is 3.56. The number of aromatic nitrogens is 5. The number of aryl methyl sites for hydroxylation is 3. The van der Waals surface area contributed by atoms with Crippen LogP contribution in [0.2, 0.25) is 0 Å². The fourth-order valence-electron chi connectivity index (χ4n) is 3.31. The van der Waals surface area contributed by atoms with Crippen molar-refractivity contribution >= 4 is 34.0 Å². The van der Waals surface area contributed by atoms with Crippen molar-refractivity contribution in [2.75, 3.05) is 23.7 Å². The molecule has 0 spiro atoms. The highest BCUT2D eigenvalue weighted by molar-refractivity contribution is 6.13. The maximum Gasteiger partial charge on any atom is 0.259 e. The Labute approximate surface area is 161 Å². The number of anilines is 2. The Hall–Kier alpha value is -3.46. The minimum absolute atomic E-state index is 0.264. The molecule has 3 heterocycles. The lowest BCUT2D eigenvalue weighted by atomic mass is 10.1. The zero-order valence-electron chi connectivity index (χ0n) is 16.0. The highest BCUT2D eigenvalue weighted by atomic mass is 16.1. The highest BCUT2D eigenvalue weighted by Gasteiger charge is 2.17. The number of nitrogens with two attached hydrogens (primary N) is 1. The van der Waals surface area contributed by atoms with Crippen molar-refractivity contribution in [3.8, 4) is 0 Å². The second kappa shape index (κ2) is 6.93. The molecule has 9 nitrogen and oxygen atoms in total. The Morgan fingerprint density at radius 3 is 2.79 bits per heavy atom. The van der Waals surface area contributed by atoms with Gasteiger partial charge >= 0.3 is 0 Å². The molecule has 4 N–H and O–H groups in total. The van der Waals surface area contributed by atoms with Gasteiger partial charge in [-0.15, -0.1) is 0 Å². The smallest absolute Gasteiger partial charge is 0.259 e. The van der Waals surface area contributed by atoms with Gasteiger partial charge in [0.15, 0.2) is 11.5 Å². The number of hydrogen-bond acceptors (Lipinski definition) is 6. The van der Waals surface area contributed by atoms with E-state index < -0.39 is 0 Å². The molecule has 9 heteroatoms. The third-order valence-electron chi connectivity index (χ3n) is 4.46. The molecule has 0 bridgehead atoms. The Bertz CT molecular complexity index is 1190. The minimum atomic E-state index is -0.264. The summed E-state index contributed by atoms with van der Waals surface area (Å²) in [5.41, 5.74) is 9.99. The summed E-state index contributed by atoms with van der Waals surface area (Å²) in [6.07, 6.45) is 5.54. The summed E-state index contributed by atoms with van der Waals surface area (Å²) in [4.78, 5) is 21.8. The van der Waals surface area contributed by atoms with Gasteiger partial charge in [-0.3, -0.25) is 14.5 Å². The third-order valence-corrected chi connectivity index (χ3v) is 4.46. The molecule has 0 atom stereocenters. The van der Waals surface area contributed by atoms with Crippen molar-refractivity contribution in [2.24, 2.45) is 12.8 Å². The number of fused-ring (bicyclic) bond motifs is 2. The molecule has 0 aliphatic heterocycles. The van der Waals surface area contributed by atoms with E-state index in [1.807, 2.05) is 43.8 Å². The van der Waals surface area contributed by atoms with Crippen molar-refractivity contribution in [1.82, 2.24) is 24.1 Å². The van der Waals surface area contributed by atoms with Crippen LogP contribution in [0.1, 0.15) is 21.7 Å². The quantitative estimate of drug-likeness (QED) is 0.488. The SMILES string of the molecule is Cc1cn2cc(NC(=O)c3ccc(NCCN)c4cn(C)nc34)nc2c(C)n1. The first-order valence-corrected chi connectivity index (χ1v) is 9.01. The maximum absolute atomic E-state index is 12.9. The van der Waals surface area contributed by atoms with Gasteiger partial charge in [-0.2, -0.15) is 5.10 Å². The van der Waals surface area contributed by atoms with Crippen LogP contribution in [0.4, 0.5) is 11.5 Å². The highest BCUT2D eigenvalue weighted by Crippen LogP contribution is 2.26. The summed E-state index contributed by atoms with van der Waals surface area (Å²) in [7, 11) is 1.83. The third kappa shape index (κ3) is 3.16. The van der Waals surface area contributed by atoms with E-state index in [0.29, 0.717) is 35.6 Å². The Kier molecular flexibility index (Phi) is 4.44. The number of hydrogen-bond donors (Lipinski definition) is 3. The van der Waals surface area contributed by atoms with E-state index in [-0.39, 0.29) is 5.91 Å². The number of nitrogens with one attached hydrogen (secondary N) is 2. The van der Waals surface area contributed by atoms with E-state index >= 15 is 0 Å². The van der Waals surface area contributed by atoms with E-state index in [9.17, 15) is 4.79 Å². The van der Waals surface area contributed by atoms with Crippen LogP contribution in [-0.2, 0) is 7.05 Å². The van der Waals surface area contributed by atoms with Gasteiger partial charge in [0.25, 0.3) is 5.91 Å². The average Bonchev–Trinajstić information content (AvgIpc) is 3.22. The van der Waals surface area contributed by atoms with Crippen molar-refractivity contribution in [3.05, 3.63) is 47.7 Å². The molecular weight excluding hydrogens is 356 g/mol. The normalized spacial score (nSPS) is 11.3. The lowest BCUT2D eigenvalue weighted by molar-refractivity contribution is 0.102. The second-order valence-corrected chi connectivity index (χ2v) is 6.72. The van der Waals surface area contributed by atoms with Gasteiger partial charge in [-0.25, -0.2) is 4.98 Å². The molecule has 0 saturated carbocycles. The Morgan fingerprint density at radius 2 is 2.00 bits per heavy atom. The van der Waals surface area contributed by atoms with E-state index in [1.54, 1.807) is 16.9 Å². The first kappa shape index (κ1) is 17.9. The van der Waals surface area contributed by atoms with E-state index in [1.165, 1.54) is 0 Å². The molecule has 1 aromatic carbocycles. The zero-order chi connectivity index (χ0) is 19.8. The summed E-state index contributed by atoms with van der Waals surface area (Å²) in [6, 6.07) is 3.63. The number of nitrogens with zero attached hydrogens (tertiary/aromatic N) is 5. The van der Waals surface area contributed by atoms with Crippen LogP contribution in [0.15, 0.2) is 30.7 Å². The van der Waals surface area contributed by atoms with Crippen molar-refractivity contribution < 1.29 is 4.79 Å². The van der Waals surface area contributed by atoms with E-state index in [0.717, 1.165) is 22.5 Å². The molecule has 0 aliphatic rings. The minimum Gasteiger partial charge on any atom is -0.383 e. The van der Waals surface area contributed by atoms with Crippen LogP contribution in [0.5, 0.6) is 0 Å². The van der Waals surface area contributed by atoms with Gasteiger partial charge in [-0.1, -0.05) is 0 Å². The van der Waals surface area contributed by atoms with Gasteiger partial charge in [0.05, 0.1) is 23.1 Å². The number of amides is 1. The molecule has 144 valence electrons. The van der Waals surface area contributed by atoms with Crippen LogP contribution < -0.4 is 16.4 Å². The maximum atomic E-state index is 12.9. The number of carbonyl (C=O) groups is 1. The van der Waals surface area contributed by atoms with Crippen LogP contribution >= 0.6 is 0 Å². The number of benzene rings is 1. The largest absolute Gasteiger partial charge is 0.383 e. The molecule has 0 fully saturated rings. The van der Waals surface area contributed by atoms with Gasteiger partial charge in [0, 0.05) is 43.6 Å². The molecule has 28 heavy (non-hydrogen) atoms. The fourth-order valence-corrected chi connectivity index (χ4v) is 3.31. The van der Waals surface area contributed by atoms with Crippen LogP contribution in [0, 0.1) is 13.8 Å². The van der Waals surface area contributed by atoms with Gasteiger partial charge in [0.1, 0.15) is 5.52 Å². The predicted molar refractivity (Wildman–Crippen MR) is 109 cm³/mol. The molecule has 4 aromatic rings. The summed E-state index contributed by atoms with van der Waals surface area (Å²) in [5, 5.41) is 11.5. The van der Waals surface area contributed by atoms with E-state index in [2.05, 4.69) is 25.7 Å². The Morgan fingerprint density at radius 1 is 1.18 bits per heavy atom. The van der Waals surface area contributed by atoms with Crippen LogP contribution in [-0.4, -0.2) is 43.1 Å². The van der Waals surface area contributed by atoms with Crippen molar-refractivity contribution in [3.63, 3.8) is 0 Å². The summed E-state index contributed by atoms with van der Waals surface area (Å²) in [6.45, 7) is 4.98. The molecule has 3 aromatic heterocycles. The summed E-state index contributed by atoms with van der Waals surface area (Å²) >= 11 is 0. The lowest BCUT2D eigenvalue weighted by Crippen LogP contribution is -2.15. The molecular formula is C19H22N8O. The Balaban J connectivity index is 1.68. The summed E-state index contributed by atoms with van der Waals surface area (Å²) in [5.74, 6) is 0.203. The van der Waals surface area contributed by atoms with Crippen LogP contribution in [0.25, 0.3) is 16.6 Å². The lowest BCUT2D eigenvalue weighted by Gasteiger charge is -2.08. The van der Waals surface area contributed by atoms with Gasteiger partial charge in [-0.05, 0) is 26.0 Å². The molecule has 0 saturated heterocycles. The number of rotatable bonds is 5. The molecule has 4 rings (SSSR count). The topological polar surface area (TPSA) is 115 Å². The first-order valence-electron chi connectivity index (χ1n) is 9.01. The standard InChI is InChI=1S/C19H22N8O/c1-11-8-27-10-16(23-18(27)12(2)22-11)24-19(28)13-4-5-15(21-7-6-20)14-9-26(3)25-17(13)14/h4-5,8-10,21H,6-7,20H2,1-3H3,(H,24,28). The van der Waals surface area contributed by atoms with Crippen molar-refractivity contribution in [1.29, 1.82) is 0 Å². The molecule has 0 unspecified atom stereocenters. The molecule has 1 amide bonds. The zero-order valence-corrected chi connectivity index (χ0v) is 16.0. The van der Waals surface area contributed by atoms with Crippen LogP contribution in [0.3, 0.4) is 0 Å². The van der Waals surface area contributed by atoms with Gasteiger partial charge in [0.2, 0.25) is 0 Å². The monoisotopic (exact) mass is 378 g/mol.